The van der Waals surface area contributed by atoms with Gasteiger partial charge in [-0.3, -0.25) is 0 Å². The third kappa shape index (κ3) is 4.32. The molecule has 270 valence electrons. The number of nitrogens with zero attached hydrogens (tertiary/aromatic N) is 1. The normalized spacial score (nSPS) is 15.8. The van der Waals surface area contributed by atoms with Gasteiger partial charge in [0.1, 0.15) is 0 Å². The minimum atomic E-state index is -0.175. The lowest BCUT2D eigenvalue weighted by molar-refractivity contribution is 0.660. The molecule has 8 aromatic rings. The smallest absolute Gasteiger partial charge is 0.0624 e. The van der Waals surface area contributed by atoms with Crippen molar-refractivity contribution in [3.05, 3.63) is 197 Å². The molecule has 56 heavy (non-hydrogen) atoms. The first-order valence-electron chi connectivity index (χ1n) is 20.1. The Bertz CT molecular complexity index is 2830. The van der Waals surface area contributed by atoms with Crippen LogP contribution in [0.25, 0.3) is 55.3 Å². The van der Waals surface area contributed by atoms with Crippen LogP contribution in [0.4, 0.5) is 17.1 Å². The van der Waals surface area contributed by atoms with E-state index in [1.54, 1.807) is 0 Å². The van der Waals surface area contributed by atoms with Gasteiger partial charge in [0.15, 0.2) is 0 Å². The highest BCUT2D eigenvalue weighted by Crippen LogP contribution is 2.61. The number of benzene rings is 8. The summed E-state index contributed by atoms with van der Waals surface area (Å²) in [4.78, 5) is 2.61. The van der Waals surface area contributed by atoms with Gasteiger partial charge in [-0.05, 0) is 102 Å². The van der Waals surface area contributed by atoms with Crippen LogP contribution in [0.3, 0.4) is 0 Å². The molecule has 0 unspecified atom stereocenters. The Labute approximate surface area is 330 Å². The molecule has 0 saturated carbocycles. The van der Waals surface area contributed by atoms with E-state index in [1.165, 1.54) is 106 Å². The first-order valence-corrected chi connectivity index (χ1v) is 20.1. The Kier molecular flexibility index (Phi) is 6.77. The molecule has 0 spiro atoms. The Hall–Kier alpha value is -6.18. The predicted molar refractivity (Wildman–Crippen MR) is 237 cm³/mol. The van der Waals surface area contributed by atoms with Crippen LogP contribution in [0.15, 0.2) is 164 Å². The van der Waals surface area contributed by atoms with Gasteiger partial charge in [0.05, 0.1) is 5.69 Å². The van der Waals surface area contributed by atoms with Gasteiger partial charge in [0, 0.05) is 38.6 Å². The lowest BCUT2D eigenvalue weighted by atomic mass is 9.78. The van der Waals surface area contributed by atoms with E-state index in [0.29, 0.717) is 0 Å². The highest BCUT2D eigenvalue weighted by atomic mass is 15.1. The van der Waals surface area contributed by atoms with Crippen LogP contribution in [0.2, 0.25) is 0 Å². The van der Waals surface area contributed by atoms with E-state index in [1.807, 2.05) is 0 Å². The molecule has 11 rings (SSSR count). The summed E-state index contributed by atoms with van der Waals surface area (Å²) in [5, 5.41) is 2.57. The maximum atomic E-state index is 2.61. The van der Waals surface area contributed by atoms with Crippen molar-refractivity contribution in [3.8, 4) is 44.5 Å². The standard InChI is InChI=1S/C55H45N/c1-53(2)44-25-15-12-20-37(44)39-30-28-35(32-47(39)53)56(36-29-31-40-38-21-13-16-26-45(38)54(3,4)48(40)33-36)52-42-23-11-10-22-41(42)51-50(49(52)34-18-8-7-9-19-34)43-24-14-17-27-46(43)55(51,5)6/h7-33H,1-6H3. The summed E-state index contributed by atoms with van der Waals surface area (Å²) in [5.41, 5.74) is 22.0. The van der Waals surface area contributed by atoms with Crippen molar-refractivity contribution in [1.29, 1.82) is 0 Å². The van der Waals surface area contributed by atoms with Crippen molar-refractivity contribution in [3.63, 3.8) is 0 Å². The summed E-state index contributed by atoms with van der Waals surface area (Å²) < 4.78 is 0. The first-order chi connectivity index (χ1) is 27.1. The molecule has 0 amide bonds. The highest BCUT2D eigenvalue weighted by Gasteiger charge is 2.42. The van der Waals surface area contributed by atoms with Crippen LogP contribution in [0, 0.1) is 0 Å². The molecule has 0 heterocycles. The molecule has 0 atom stereocenters. The largest absolute Gasteiger partial charge is 0.309 e. The van der Waals surface area contributed by atoms with Crippen molar-refractivity contribution in [2.24, 2.45) is 0 Å². The van der Waals surface area contributed by atoms with E-state index < -0.39 is 0 Å². The fourth-order valence-electron chi connectivity index (χ4n) is 10.9. The summed E-state index contributed by atoms with van der Waals surface area (Å²) in [6.07, 6.45) is 0. The number of hydrogen-bond donors (Lipinski definition) is 0. The van der Waals surface area contributed by atoms with Gasteiger partial charge in [-0.25, -0.2) is 0 Å². The number of anilines is 3. The Morgan fingerprint density at radius 3 is 1.32 bits per heavy atom. The zero-order chi connectivity index (χ0) is 38.1. The van der Waals surface area contributed by atoms with E-state index >= 15 is 0 Å². The number of hydrogen-bond acceptors (Lipinski definition) is 1. The van der Waals surface area contributed by atoms with Crippen molar-refractivity contribution < 1.29 is 0 Å². The van der Waals surface area contributed by atoms with Crippen molar-refractivity contribution in [2.75, 3.05) is 4.90 Å². The monoisotopic (exact) mass is 719 g/mol. The second-order valence-corrected chi connectivity index (χ2v) is 17.7. The molecule has 0 aromatic heterocycles. The summed E-state index contributed by atoms with van der Waals surface area (Å²) in [7, 11) is 0. The molecule has 1 heteroatoms. The number of fused-ring (bicyclic) bond motifs is 11. The zero-order valence-corrected chi connectivity index (χ0v) is 33.0. The van der Waals surface area contributed by atoms with Crippen LogP contribution < -0.4 is 4.90 Å². The molecule has 8 aromatic carbocycles. The van der Waals surface area contributed by atoms with Crippen LogP contribution >= 0.6 is 0 Å². The van der Waals surface area contributed by atoms with Gasteiger partial charge in [-0.1, -0.05) is 181 Å². The van der Waals surface area contributed by atoms with Crippen LogP contribution in [0.5, 0.6) is 0 Å². The van der Waals surface area contributed by atoms with E-state index in [-0.39, 0.29) is 16.2 Å². The van der Waals surface area contributed by atoms with Crippen LogP contribution in [0.1, 0.15) is 74.9 Å². The van der Waals surface area contributed by atoms with Gasteiger partial charge in [0.2, 0.25) is 0 Å². The molecule has 0 saturated heterocycles. The molecule has 0 fully saturated rings. The Balaban J connectivity index is 1.28. The molecule has 0 N–H and O–H groups in total. The fourth-order valence-corrected chi connectivity index (χ4v) is 10.9. The second-order valence-electron chi connectivity index (χ2n) is 17.7. The van der Waals surface area contributed by atoms with E-state index in [9.17, 15) is 0 Å². The maximum absolute atomic E-state index is 2.61. The lowest BCUT2D eigenvalue weighted by Gasteiger charge is -2.34. The van der Waals surface area contributed by atoms with Gasteiger partial charge in [-0.15, -0.1) is 0 Å². The molecular formula is C55H45N. The SMILES string of the molecule is CC1(C)c2ccccc2-c2ccc(N(c3ccc4c(c3)C(C)(C)c3ccccc3-4)c3c(-c4ccccc4)c4c(c5ccccc35)C(C)(C)c3ccccc3-4)cc21. The van der Waals surface area contributed by atoms with E-state index in [4.69, 9.17) is 0 Å². The summed E-state index contributed by atoms with van der Waals surface area (Å²) in [6, 6.07) is 61.9. The predicted octanol–water partition coefficient (Wildman–Crippen LogP) is 14.9. The fraction of sp³-hybridized carbons (Fsp3) is 0.164. The van der Waals surface area contributed by atoms with E-state index in [2.05, 4.69) is 210 Å². The molecule has 0 radical (unpaired) electrons. The quantitative estimate of drug-likeness (QED) is 0.175. The Morgan fingerprint density at radius 2 is 0.768 bits per heavy atom. The average molecular weight is 720 g/mol. The minimum absolute atomic E-state index is 0.138. The van der Waals surface area contributed by atoms with E-state index in [0.717, 1.165) is 0 Å². The van der Waals surface area contributed by atoms with Crippen LogP contribution in [-0.4, -0.2) is 0 Å². The number of rotatable bonds is 4. The molecule has 0 aliphatic heterocycles. The van der Waals surface area contributed by atoms with Gasteiger partial charge < -0.3 is 4.90 Å². The van der Waals surface area contributed by atoms with Gasteiger partial charge in [-0.2, -0.15) is 0 Å². The molecule has 0 bridgehead atoms. The first kappa shape index (κ1) is 33.2. The molecule has 3 aliphatic carbocycles. The average Bonchev–Trinajstić information content (AvgIpc) is 3.71. The topological polar surface area (TPSA) is 3.24 Å². The summed E-state index contributed by atoms with van der Waals surface area (Å²) in [5.74, 6) is 0. The molecule has 3 aliphatic rings. The third-order valence-electron chi connectivity index (χ3n) is 13.6. The van der Waals surface area contributed by atoms with Crippen molar-refractivity contribution in [1.82, 2.24) is 0 Å². The third-order valence-corrected chi connectivity index (χ3v) is 13.6. The molecule has 1 nitrogen and oxygen atoms in total. The molecular weight excluding hydrogens is 675 g/mol. The van der Waals surface area contributed by atoms with Gasteiger partial charge >= 0.3 is 0 Å². The summed E-state index contributed by atoms with van der Waals surface area (Å²) >= 11 is 0. The second kappa shape index (κ2) is 11.4. The minimum Gasteiger partial charge on any atom is -0.309 e. The zero-order valence-electron chi connectivity index (χ0n) is 33.0. The van der Waals surface area contributed by atoms with Crippen LogP contribution in [-0.2, 0) is 16.2 Å². The Morgan fingerprint density at radius 1 is 0.339 bits per heavy atom. The summed E-state index contributed by atoms with van der Waals surface area (Å²) in [6.45, 7) is 14.4. The van der Waals surface area contributed by atoms with Gasteiger partial charge in [0.25, 0.3) is 0 Å². The maximum Gasteiger partial charge on any atom is 0.0624 e. The van der Waals surface area contributed by atoms with Crippen molar-refractivity contribution in [2.45, 2.75) is 57.8 Å². The van der Waals surface area contributed by atoms with Crippen molar-refractivity contribution >= 4 is 27.8 Å². The lowest BCUT2D eigenvalue weighted by Crippen LogP contribution is -2.19. The highest BCUT2D eigenvalue weighted by molar-refractivity contribution is 6.16.